The quantitative estimate of drug-likeness (QED) is 0.814. The van der Waals surface area contributed by atoms with E-state index in [0.29, 0.717) is 17.7 Å². The van der Waals surface area contributed by atoms with Crippen LogP contribution in [0, 0.1) is 0 Å². The van der Waals surface area contributed by atoms with Gasteiger partial charge in [0.25, 0.3) is 0 Å². The lowest BCUT2D eigenvalue weighted by Crippen LogP contribution is -2.39. The lowest BCUT2D eigenvalue weighted by atomic mass is 9.94. The molecule has 3 nitrogen and oxygen atoms in total. The lowest BCUT2D eigenvalue weighted by molar-refractivity contribution is -0.121. The molecule has 2 rings (SSSR count). The molecular weight excluding hydrogens is 304 g/mol. The van der Waals surface area contributed by atoms with Crippen LogP contribution in [0.5, 0.6) is 0 Å². The minimum atomic E-state index is 0. The largest absolute Gasteiger partial charge is 0.399 e. The number of hydrogen-bond acceptors (Lipinski definition) is 3. The monoisotopic (exact) mass is 328 g/mol. The average Bonchev–Trinajstić information content (AvgIpc) is 2.46. The molecule has 1 aliphatic rings. The van der Waals surface area contributed by atoms with Crippen LogP contribution in [-0.4, -0.2) is 23.5 Å². The van der Waals surface area contributed by atoms with Gasteiger partial charge in [-0.15, -0.1) is 12.4 Å². The van der Waals surface area contributed by atoms with Gasteiger partial charge in [-0.3, -0.25) is 4.79 Å². The minimum absolute atomic E-state index is 0. The van der Waals surface area contributed by atoms with Crippen LogP contribution in [0.15, 0.2) is 24.3 Å². The van der Waals surface area contributed by atoms with Crippen LogP contribution < -0.4 is 11.1 Å². The number of hydrogen-bond donors (Lipinski definition) is 2. The molecule has 1 amide bonds. The molecule has 0 spiro atoms. The first kappa shape index (κ1) is 18.2. The van der Waals surface area contributed by atoms with Crippen molar-refractivity contribution in [1.29, 1.82) is 0 Å². The van der Waals surface area contributed by atoms with E-state index in [9.17, 15) is 4.79 Å². The van der Waals surface area contributed by atoms with E-state index in [4.69, 9.17) is 5.73 Å². The van der Waals surface area contributed by atoms with Gasteiger partial charge in [-0.2, -0.15) is 11.8 Å². The zero-order valence-corrected chi connectivity index (χ0v) is 14.1. The highest BCUT2D eigenvalue weighted by Crippen LogP contribution is 2.27. The summed E-state index contributed by atoms with van der Waals surface area (Å²) < 4.78 is 0. The number of benzene rings is 1. The van der Waals surface area contributed by atoms with Gasteiger partial charge >= 0.3 is 0 Å². The lowest BCUT2D eigenvalue weighted by Gasteiger charge is -2.28. The molecule has 3 N–H and O–H groups in total. The SMILES string of the molecule is CSC1CCCC(NC(=O)CCc2ccccc2N)C1.Cl. The first-order valence-electron chi connectivity index (χ1n) is 7.34. The van der Waals surface area contributed by atoms with Crippen molar-refractivity contribution in [3.05, 3.63) is 29.8 Å². The van der Waals surface area contributed by atoms with E-state index in [2.05, 4.69) is 11.6 Å². The minimum Gasteiger partial charge on any atom is -0.399 e. The molecule has 0 saturated heterocycles. The van der Waals surface area contributed by atoms with E-state index in [-0.39, 0.29) is 18.3 Å². The van der Waals surface area contributed by atoms with Crippen molar-refractivity contribution in [2.45, 2.75) is 49.8 Å². The fourth-order valence-corrected chi connectivity index (χ4v) is 3.63. The number of carbonyl (C=O) groups is 1. The number of carbonyl (C=O) groups excluding carboxylic acids is 1. The van der Waals surface area contributed by atoms with Gasteiger partial charge in [-0.1, -0.05) is 24.6 Å². The highest BCUT2D eigenvalue weighted by atomic mass is 35.5. The van der Waals surface area contributed by atoms with Gasteiger partial charge in [0.05, 0.1) is 0 Å². The van der Waals surface area contributed by atoms with Crippen molar-refractivity contribution in [3.8, 4) is 0 Å². The Morgan fingerprint density at radius 3 is 2.86 bits per heavy atom. The summed E-state index contributed by atoms with van der Waals surface area (Å²) in [5.41, 5.74) is 7.73. The molecule has 2 atom stereocenters. The normalized spacial score (nSPS) is 21.4. The molecular formula is C16H25ClN2OS. The van der Waals surface area contributed by atoms with Crippen molar-refractivity contribution in [2.24, 2.45) is 0 Å². The summed E-state index contributed by atoms with van der Waals surface area (Å²) in [7, 11) is 0. The summed E-state index contributed by atoms with van der Waals surface area (Å²) in [5.74, 6) is 0.153. The Labute approximate surface area is 137 Å². The second kappa shape index (κ2) is 9.21. The topological polar surface area (TPSA) is 55.1 Å². The third-order valence-corrected chi connectivity index (χ3v) is 5.10. The average molecular weight is 329 g/mol. The van der Waals surface area contributed by atoms with E-state index >= 15 is 0 Å². The molecule has 1 fully saturated rings. The third-order valence-electron chi connectivity index (χ3n) is 4.00. The predicted octanol–water partition coefficient (Wildman–Crippen LogP) is 3.41. The van der Waals surface area contributed by atoms with Gasteiger partial charge in [0.1, 0.15) is 0 Å². The third kappa shape index (κ3) is 5.79. The van der Waals surface area contributed by atoms with Gasteiger partial charge in [-0.05, 0) is 43.6 Å². The van der Waals surface area contributed by atoms with Crippen LogP contribution in [0.4, 0.5) is 5.69 Å². The molecule has 0 aliphatic heterocycles. The molecule has 21 heavy (non-hydrogen) atoms. The van der Waals surface area contributed by atoms with Gasteiger partial charge in [0.2, 0.25) is 5.91 Å². The Kier molecular flexibility index (Phi) is 7.97. The first-order valence-corrected chi connectivity index (χ1v) is 8.63. The number of thioether (sulfide) groups is 1. The number of amides is 1. The standard InChI is InChI=1S/C16H24N2OS.ClH/c1-20-14-7-4-6-13(11-14)18-16(19)10-9-12-5-2-3-8-15(12)17;/h2-3,5,8,13-14H,4,6-7,9-11,17H2,1H3,(H,18,19);1H. The summed E-state index contributed by atoms with van der Waals surface area (Å²) in [6.45, 7) is 0. The highest BCUT2D eigenvalue weighted by molar-refractivity contribution is 7.99. The molecule has 2 unspecified atom stereocenters. The van der Waals surface area contributed by atoms with Gasteiger partial charge in [-0.25, -0.2) is 0 Å². The predicted molar refractivity (Wildman–Crippen MR) is 94.1 cm³/mol. The molecule has 0 bridgehead atoms. The van der Waals surface area contributed by atoms with Gasteiger partial charge < -0.3 is 11.1 Å². The van der Waals surface area contributed by atoms with E-state index in [1.807, 2.05) is 36.0 Å². The first-order chi connectivity index (χ1) is 9.69. The molecule has 0 radical (unpaired) electrons. The Morgan fingerprint density at radius 1 is 1.38 bits per heavy atom. The van der Waals surface area contributed by atoms with E-state index in [1.165, 1.54) is 12.8 Å². The number of para-hydroxylation sites is 1. The maximum atomic E-state index is 12.0. The molecule has 1 aliphatic carbocycles. The molecule has 0 aromatic heterocycles. The Hall–Kier alpha value is -0.870. The van der Waals surface area contributed by atoms with Crippen molar-refractivity contribution < 1.29 is 4.79 Å². The van der Waals surface area contributed by atoms with Gasteiger partial charge in [0, 0.05) is 23.4 Å². The summed E-state index contributed by atoms with van der Waals surface area (Å²) in [4.78, 5) is 12.0. The molecule has 1 aromatic rings. The van der Waals surface area contributed by atoms with Crippen LogP contribution in [0.2, 0.25) is 0 Å². The van der Waals surface area contributed by atoms with E-state index in [1.54, 1.807) is 0 Å². The van der Waals surface area contributed by atoms with Crippen molar-refractivity contribution in [2.75, 3.05) is 12.0 Å². The summed E-state index contributed by atoms with van der Waals surface area (Å²) >= 11 is 1.92. The smallest absolute Gasteiger partial charge is 0.220 e. The number of anilines is 1. The molecule has 0 heterocycles. The number of nitrogens with one attached hydrogen (secondary N) is 1. The second-order valence-corrected chi connectivity index (χ2v) is 6.63. The highest BCUT2D eigenvalue weighted by Gasteiger charge is 2.22. The fourth-order valence-electron chi connectivity index (χ4n) is 2.80. The fraction of sp³-hybridized carbons (Fsp3) is 0.562. The maximum Gasteiger partial charge on any atom is 0.220 e. The van der Waals surface area contributed by atoms with E-state index in [0.717, 1.165) is 30.5 Å². The van der Waals surface area contributed by atoms with Crippen LogP contribution in [0.1, 0.15) is 37.7 Å². The zero-order valence-electron chi connectivity index (χ0n) is 12.5. The van der Waals surface area contributed by atoms with Crippen LogP contribution in [-0.2, 0) is 11.2 Å². The summed E-state index contributed by atoms with van der Waals surface area (Å²) in [6, 6.07) is 8.13. The van der Waals surface area contributed by atoms with Gasteiger partial charge in [0.15, 0.2) is 0 Å². The number of nitrogens with two attached hydrogens (primary N) is 1. The zero-order chi connectivity index (χ0) is 14.4. The summed E-state index contributed by atoms with van der Waals surface area (Å²) in [6.07, 6.45) is 8.14. The molecule has 118 valence electrons. The number of halogens is 1. The Bertz CT molecular complexity index is 456. The number of rotatable bonds is 5. The Balaban J connectivity index is 0.00000220. The van der Waals surface area contributed by atoms with Crippen LogP contribution in [0.25, 0.3) is 0 Å². The van der Waals surface area contributed by atoms with Crippen LogP contribution >= 0.6 is 24.2 Å². The van der Waals surface area contributed by atoms with Crippen molar-refractivity contribution in [3.63, 3.8) is 0 Å². The van der Waals surface area contributed by atoms with Crippen molar-refractivity contribution in [1.82, 2.24) is 5.32 Å². The second-order valence-electron chi connectivity index (χ2n) is 5.49. The number of nitrogen functional groups attached to an aromatic ring is 1. The Morgan fingerprint density at radius 2 is 2.14 bits per heavy atom. The van der Waals surface area contributed by atoms with Crippen molar-refractivity contribution >= 4 is 35.8 Å². The number of aryl methyl sites for hydroxylation is 1. The summed E-state index contributed by atoms with van der Waals surface area (Å²) in [5, 5.41) is 3.89. The molecule has 5 heteroatoms. The molecule has 1 aromatic carbocycles. The molecule has 1 saturated carbocycles. The maximum absolute atomic E-state index is 12.0. The van der Waals surface area contributed by atoms with E-state index < -0.39 is 0 Å². The van der Waals surface area contributed by atoms with Crippen LogP contribution in [0.3, 0.4) is 0 Å².